The number of carbonyl (C=O) groups excluding carboxylic acids is 1. The van der Waals surface area contributed by atoms with Gasteiger partial charge in [0.1, 0.15) is 5.82 Å². The van der Waals surface area contributed by atoms with Crippen molar-refractivity contribution < 1.29 is 4.79 Å². The van der Waals surface area contributed by atoms with E-state index in [2.05, 4.69) is 48.0 Å². The predicted molar refractivity (Wildman–Crippen MR) is 122 cm³/mol. The topological polar surface area (TPSA) is 46.9 Å². The van der Waals surface area contributed by atoms with E-state index in [0.717, 1.165) is 33.9 Å². The van der Waals surface area contributed by atoms with Crippen molar-refractivity contribution in [3.8, 4) is 16.9 Å². The fraction of sp³-hybridized carbons (Fsp3) is 0.120. The van der Waals surface area contributed by atoms with Gasteiger partial charge in [-0.15, -0.1) is 11.8 Å². The van der Waals surface area contributed by atoms with Gasteiger partial charge in [0.2, 0.25) is 5.91 Å². The lowest BCUT2D eigenvalue weighted by atomic mass is 9.84. The van der Waals surface area contributed by atoms with E-state index in [1.165, 1.54) is 4.90 Å². The lowest BCUT2D eigenvalue weighted by Gasteiger charge is -2.25. The van der Waals surface area contributed by atoms with Crippen molar-refractivity contribution in [3.63, 3.8) is 0 Å². The summed E-state index contributed by atoms with van der Waals surface area (Å²) in [7, 11) is 0. The zero-order chi connectivity index (χ0) is 20.5. The third-order valence-corrected chi connectivity index (χ3v) is 6.23. The predicted octanol–water partition coefficient (Wildman–Crippen LogP) is 5.74. The Morgan fingerprint density at radius 2 is 1.60 bits per heavy atom. The van der Waals surface area contributed by atoms with E-state index in [1.807, 2.05) is 53.2 Å². The molecular weight excluding hydrogens is 390 g/mol. The van der Waals surface area contributed by atoms with E-state index in [4.69, 9.17) is 5.10 Å². The zero-order valence-electron chi connectivity index (χ0n) is 16.6. The van der Waals surface area contributed by atoms with Gasteiger partial charge in [-0.25, -0.2) is 4.68 Å². The molecule has 1 aliphatic rings. The maximum Gasteiger partial charge on any atom is 0.226 e. The number of nitrogens with one attached hydrogen (secondary N) is 1. The monoisotopic (exact) mass is 411 g/mol. The van der Waals surface area contributed by atoms with E-state index >= 15 is 0 Å². The molecule has 1 atom stereocenters. The van der Waals surface area contributed by atoms with Crippen molar-refractivity contribution in [1.29, 1.82) is 0 Å². The minimum Gasteiger partial charge on any atom is -0.310 e. The SMILES string of the molecule is CSc1ccc([C@@H]2CC(=O)Nc3c2c(-c2ccccc2)nn3-c2ccccc2)cc1. The minimum absolute atomic E-state index is 0.0122. The van der Waals surface area contributed by atoms with Crippen molar-refractivity contribution in [1.82, 2.24) is 9.78 Å². The maximum absolute atomic E-state index is 12.7. The van der Waals surface area contributed by atoms with Crippen molar-refractivity contribution in [3.05, 3.63) is 96.1 Å². The molecule has 0 saturated heterocycles. The van der Waals surface area contributed by atoms with Gasteiger partial charge in [0.05, 0.1) is 11.4 Å². The molecular formula is C25H21N3OS. The number of fused-ring (bicyclic) bond motifs is 1. The molecule has 0 fully saturated rings. The number of benzene rings is 3. The molecule has 4 nitrogen and oxygen atoms in total. The molecule has 30 heavy (non-hydrogen) atoms. The smallest absolute Gasteiger partial charge is 0.226 e. The molecule has 0 aliphatic carbocycles. The Hall–Kier alpha value is -3.31. The fourth-order valence-corrected chi connectivity index (χ4v) is 4.45. The van der Waals surface area contributed by atoms with Crippen LogP contribution in [0, 0.1) is 0 Å². The lowest BCUT2D eigenvalue weighted by Crippen LogP contribution is -2.24. The van der Waals surface area contributed by atoms with Crippen molar-refractivity contribution in [2.24, 2.45) is 0 Å². The number of carbonyl (C=O) groups is 1. The maximum atomic E-state index is 12.7. The number of thioether (sulfide) groups is 1. The molecule has 5 heteroatoms. The van der Waals surface area contributed by atoms with Crippen LogP contribution in [0.3, 0.4) is 0 Å². The largest absolute Gasteiger partial charge is 0.310 e. The summed E-state index contributed by atoms with van der Waals surface area (Å²) < 4.78 is 1.86. The first-order valence-corrected chi connectivity index (χ1v) is 11.1. The highest BCUT2D eigenvalue weighted by Gasteiger charge is 2.34. The number of aromatic nitrogens is 2. The third-order valence-electron chi connectivity index (χ3n) is 5.48. The van der Waals surface area contributed by atoms with Gasteiger partial charge in [0.15, 0.2) is 0 Å². The number of nitrogens with zero attached hydrogens (tertiary/aromatic N) is 2. The summed E-state index contributed by atoms with van der Waals surface area (Å²) in [6, 6.07) is 28.6. The Bertz CT molecular complexity index is 1180. The van der Waals surface area contributed by atoms with Gasteiger partial charge in [0, 0.05) is 28.4 Å². The van der Waals surface area contributed by atoms with Gasteiger partial charge in [-0.1, -0.05) is 60.7 Å². The number of amides is 1. The average molecular weight is 412 g/mol. The van der Waals surface area contributed by atoms with Gasteiger partial charge < -0.3 is 5.32 Å². The van der Waals surface area contributed by atoms with E-state index in [9.17, 15) is 4.79 Å². The summed E-state index contributed by atoms with van der Waals surface area (Å²) in [5, 5.41) is 8.07. The van der Waals surface area contributed by atoms with Crippen LogP contribution >= 0.6 is 11.8 Å². The van der Waals surface area contributed by atoms with Crippen LogP contribution in [-0.2, 0) is 4.79 Å². The molecule has 0 radical (unpaired) electrons. The highest BCUT2D eigenvalue weighted by Crippen LogP contribution is 2.44. The minimum atomic E-state index is -0.0441. The lowest BCUT2D eigenvalue weighted by molar-refractivity contribution is -0.116. The number of anilines is 1. The molecule has 1 amide bonds. The first-order valence-electron chi connectivity index (χ1n) is 9.92. The first-order chi connectivity index (χ1) is 14.7. The second-order valence-corrected chi connectivity index (χ2v) is 8.18. The standard InChI is InChI=1S/C25H21N3OS/c1-30-20-14-12-17(13-15-20)21-16-22(29)26-25-23(21)24(18-8-4-2-5-9-18)27-28(25)19-10-6-3-7-11-19/h2-15,21H,16H2,1H3,(H,26,29)/t21-/m0/s1. The van der Waals surface area contributed by atoms with Gasteiger partial charge >= 0.3 is 0 Å². The molecule has 0 saturated carbocycles. The van der Waals surface area contributed by atoms with Crippen LogP contribution in [0.5, 0.6) is 0 Å². The fourth-order valence-electron chi connectivity index (χ4n) is 4.04. The van der Waals surface area contributed by atoms with Gasteiger partial charge in [-0.2, -0.15) is 5.10 Å². The van der Waals surface area contributed by atoms with Crippen LogP contribution in [0.1, 0.15) is 23.5 Å². The molecule has 3 aromatic carbocycles. The van der Waals surface area contributed by atoms with E-state index in [-0.39, 0.29) is 11.8 Å². The molecule has 0 bridgehead atoms. The first kappa shape index (κ1) is 18.7. The summed E-state index contributed by atoms with van der Waals surface area (Å²) in [6.45, 7) is 0. The number of para-hydroxylation sites is 1. The van der Waals surface area contributed by atoms with E-state index < -0.39 is 0 Å². The molecule has 1 N–H and O–H groups in total. The van der Waals surface area contributed by atoms with Crippen LogP contribution in [0.15, 0.2) is 89.8 Å². The van der Waals surface area contributed by atoms with Crippen LogP contribution in [0.4, 0.5) is 5.82 Å². The number of hydrogen-bond acceptors (Lipinski definition) is 3. The molecule has 1 aliphatic heterocycles. The number of hydrogen-bond donors (Lipinski definition) is 1. The number of rotatable bonds is 4. The van der Waals surface area contributed by atoms with E-state index in [0.29, 0.717) is 6.42 Å². The average Bonchev–Trinajstić information content (AvgIpc) is 3.19. The van der Waals surface area contributed by atoms with Crippen LogP contribution in [0.25, 0.3) is 16.9 Å². The summed E-state index contributed by atoms with van der Waals surface area (Å²) in [5.74, 6) is 0.728. The summed E-state index contributed by atoms with van der Waals surface area (Å²) in [6.07, 6.45) is 2.48. The van der Waals surface area contributed by atoms with Crippen molar-refractivity contribution in [2.75, 3.05) is 11.6 Å². The third kappa shape index (κ3) is 3.31. The van der Waals surface area contributed by atoms with E-state index in [1.54, 1.807) is 11.8 Å². The second-order valence-electron chi connectivity index (χ2n) is 7.30. The highest BCUT2D eigenvalue weighted by molar-refractivity contribution is 7.98. The Morgan fingerprint density at radius 3 is 2.27 bits per heavy atom. The van der Waals surface area contributed by atoms with Crippen molar-refractivity contribution in [2.45, 2.75) is 17.2 Å². The molecule has 148 valence electrons. The highest BCUT2D eigenvalue weighted by atomic mass is 32.2. The van der Waals surface area contributed by atoms with Crippen LogP contribution < -0.4 is 5.32 Å². The van der Waals surface area contributed by atoms with Crippen molar-refractivity contribution >= 4 is 23.5 Å². The molecule has 4 aromatic rings. The Balaban J connectivity index is 1.74. The second kappa shape index (κ2) is 7.84. The Kier molecular flexibility index (Phi) is 4.89. The van der Waals surface area contributed by atoms with Gasteiger partial charge in [-0.05, 0) is 36.1 Å². The molecule has 0 spiro atoms. The Labute approximate surface area is 179 Å². The molecule has 1 aromatic heterocycles. The van der Waals surface area contributed by atoms with Crippen LogP contribution in [0.2, 0.25) is 0 Å². The van der Waals surface area contributed by atoms with Gasteiger partial charge in [0.25, 0.3) is 0 Å². The summed E-state index contributed by atoms with van der Waals surface area (Å²) in [5.41, 5.74) is 5.09. The zero-order valence-corrected chi connectivity index (χ0v) is 17.4. The molecule has 5 rings (SSSR count). The molecule has 0 unspecified atom stereocenters. The summed E-state index contributed by atoms with van der Waals surface area (Å²) >= 11 is 1.72. The normalized spacial score (nSPS) is 15.5. The molecule has 2 heterocycles. The summed E-state index contributed by atoms with van der Waals surface area (Å²) in [4.78, 5) is 13.9. The Morgan fingerprint density at radius 1 is 0.933 bits per heavy atom. The van der Waals surface area contributed by atoms with Gasteiger partial charge in [-0.3, -0.25) is 4.79 Å². The van der Waals surface area contributed by atoms with Crippen LogP contribution in [-0.4, -0.2) is 21.9 Å². The quantitative estimate of drug-likeness (QED) is 0.436.